The van der Waals surface area contributed by atoms with Crippen LogP contribution in [0.4, 0.5) is 5.69 Å². The minimum atomic E-state index is -3.58. The van der Waals surface area contributed by atoms with E-state index in [4.69, 9.17) is 4.74 Å². The molecule has 106 valence electrons. The fraction of sp³-hybridized carbons (Fsp3) is 0.200. The van der Waals surface area contributed by atoms with Gasteiger partial charge in [0.2, 0.25) is 0 Å². The zero-order chi connectivity index (χ0) is 14.6. The number of nitrogens with one attached hydrogen (secondary N) is 1. The van der Waals surface area contributed by atoms with Gasteiger partial charge in [0.1, 0.15) is 0 Å². The molecule has 0 atom stereocenters. The van der Waals surface area contributed by atoms with Crippen LogP contribution in [0.2, 0.25) is 0 Å². The molecule has 2 aromatic carbocycles. The molecule has 0 fully saturated rings. The highest BCUT2D eigenvalue weighted by Crippen LogP contribution is 2.20. The summed E-state index contributed by atoms with van der Waals surface area (Å²) in [7, 11) is -2.00. The average Bonchev–Trinajstić information content (AvgIpc) is 2.41. The van der Waals surface area contributed by atoms with E-state index >= 15 is 0 Å². The summed E-state index contributed by atoms with van der Waals surface area (Å²) in [6, 6.07) is 13.9. The number of anilines is 1. The van der Waals surface area contributed by atoms with E-state index in [-0.39, 0.29) is 4.90 Å². The minimum Gasteiger partial charge on any atom is -0.380 e. The van der Waals surface area contributed by atoms with Crippen LogP contribution in [0.3, 0.4) is 0 Å². The Hall–Kier alpha value is -1.85. The molecule has 0 bridgehead atoms. The standard InChI is InChI=1S/C15H17NO3S/c1-12-7-9-14(10-8-12)20(17,18)16-15-6-4-3-5-13(15)11-19-2/h3-10,16H,11H2,1-2H3. The first-order valence-electron chi connectivity index (χ1n) is 6.19. The Balaban J connectivity index is 2.31. The van der Waals surface area contributed by atoms with Crippen molar-refractivity contribution in [2.24, 2.45) is 0 Å². The fourth-order valence-electron chi connectivity index (χ4n) is 1.82. The average molecular weight is 291 g/mol. The van der Waals surface area contributed by atoms with Gasteiger partial charge in [-0.05, 0) is 25.1 Å². The molecule has 0 aliphatic heterocycles. The first-order valence-corrected chi connectivity index (χ1v) is 7.67. The Morgan fingerprint density at radius 3 is 2.35 bits per heavy atom. The molecule has 0 unspecified atom stereocenters. The summed E-state index contributed by atoms with van der Waals surface area (Å²) in [5, 5.41) is 0. The number of aryl methyl sites for hydroxylation is 1. The number of hydrogen-bond acceptors (Lipinski definition) is 3. The smallest absolute Gasteiger partial charge is 0.261 e. The molecule has 0 aliphatic carbocycles. The highest BCUT2D eigenvalue weighted by atomic mass is 32.2. The number of hydrogen-bond donors (Lipinski definition) is 1. The molecule has 0 amide bonds. The topological polar surface area (TPSA) is 55.4 Å². The van der Waals surface area contributed by atoms with Crippen molar-refractivity contribution in [1.29, 1.82) is 0 Å². The SMILES string of the molecule is COCc1ccccc1NS(=O)(=O)c1ccc(C)cc1. The van der Waals surface area contributed by atoms with Gasteiger partial charge in [-0.25, -0.2) is 8.42 Å². The van der Waals surface area contributed by atoms with Gasteiger partial charge in [-0.2, -0.15) is 0 Å². The fourth-order valence-corrected chi connectivity index (χ4v) is 2.92. The first-order chi connectivity index (χ1) is 9.53. The van der Waals surface area contributed by atoms with Crippen molar-refractivity contribution >= 4 is 15.7 Å². The number of para-hydroxylation sites is 1. The van der Waals surface area contributed by atoms with Gasteiger partial charge in [-0.15, -0.1) is 0 Å². The highest BCUT2D eigenvalue weighted by Gasteiger charge is 2.15. The van der Waals surface area contributed by atoms with E-state index in [1.165, 1.54) is 0 Å². The van der Waals surface area contributed by atoms with Crippen molar-refractivity contribution in [3.63, 3.8) is 0 Å². The second kappa shape index (κ2) is 6.07. The van der Waals surface area contributed by atoms with Crippen LogP contribution in [0.15, 0.2) is 53.4 Å². The lowest BCUT2D eigenvalue weighted by molar-refractivity contribution is 0.185. The number of ether oxygens (including phenoxy) is 1. The maximum atomic E-state index is 12.3. The largest absolute Gasteiger partial charge is 0.380 e. The predicted octanol–water partition coefficient (Wildman–Crippen LogP) is 2.94. The normalized spacial score (nSPS) is 11.3. The van der Waals surface area contributed by atoms with E-state index in [1.807, 2.05) is 19.1 Å². The van der Waals surface area contributed by atoms with Crippen molar-refractivity contribution in [1.82, 2.24) is 0 Å². The number of rotatable bonds is 5. The Morgan fingerprint density at radius 2 is 1.70 bits per heavy atom. The van der Waals surface area contributed by atoms with E-state index in [0.29, 0.717) is 12.3 Å². The molecule has 0 saturated carbocycles. The molecular formula is C15H17NO3S. The Labute approximate surface area is 119 Å². The Bertz CT molecular complexity index is 679. The molecule has 4 nitrogen and oxygen atoms in total. The third-order valence-electron chi connectivity index (χ3n) is 2.89. The van der Waals surface area contributed by atoms with Crippen LogP contribution in [-0.2, 0) is 21.4 Å². The summed E-state index contributed by atoms with van der Waals surface area (Å²) in [5.41, 5.74) is 2.35. The summed E-state index contributed by atoms with van der Waals surface area (Å²) in [6.07, 6.45) is 0. The Morgan fingerprint density at radius 1 is 1.05 bits per heavy atom. The van der Waals surface area contributed by atoms with Crippen molar-refractivity contribution in [3.05, 3.63) is 59.7 Å². The quantitative estimate of drug-likeness (QED) is 0.921. The monoisotopic (exact) mass is 291 g/mol. The summed E-state index contributed by atoms with van der Waals surface area (Å²) >= 11 is 0. The van der Waals surface area contributed by atoms with E-state index in [1.54, 1.807) is 43.5 Å². The van der Waals surface area contributed by atoms with Crippen LogP contribution in [0.5, 0.6) is 0 Å². The van der Waals surface area contributed by atoms with Crippen LogP contribution < -0.4 is 4.72 Å². The van der Waals surface area contributed by atoms with Gasteiger partial charge in [0.05, 0.1) is 17.2 Å². The molecule has 0 aliphatic rings. The molecule has 0 saturated heterocycles. The summed E-state index contributed by atoms with van der Waals surface area (Å²) in [6.45, 7) is 2.27. The van der Waals surface area contributed by atoms with E-state index in [2.05, 4.69) is 4.72 Å². The van der Waals surface area contributed by atoms with Crippen LogP contribution in [0.25, 0.3) is 0 Å². The van der Waals surface area contributed by atoms with Crippen LogP contribution in [-0.4, -0.2) is 15.5 Å². The van der Waals surface area contributed by atoms with Crippen LogP contribution >= 0.6 is 0 Å². The van der Waals surface area contributed by atoms with Gasteiger partial charge < -0.3 is 4.74 Å². The summed E-state index contributed by atoms with van der Waals surface area (Å²) in [4.78, 5) is 0.246. The van der Waals surface area contributed by atoms with Crippen LogP contribution in [0, 0.1) is 6.92 Å². The minimum absolute atomic E-state index is 0.246. The molecule has 5 heteroatoms. The predicted molar refractivity (Wildman–Crippen MR) is 79.1 cm³/mol. The van der Waals surface area contributed by atoms with Crippen LogP contribution in [0.1, 0.15) is 11.1 Å². The van der Waals surface area contributed by atoms with Gasteiger partial charge in [0, 0.05) is 12.7 Å². The molecule has 2 rings (SSSR count). The molecule has 0 spiro atoms. The second-order valence-corrected chi connectivity index (χ2v) is 6.19. The van der Waals surface area contributed by atoms with Crippen molar-refractivity contribution < 1.29 is 13.2 Å². The summed E-state index contributed by atoms with van der Waals surface area (Å²) in [5.74, 6) is 0. The zero-order valence-corrected chi connectivity index (χ0v) is 12.3. The maximum absolute atomic E-state index is 12.3. The van der Waals surface area contributed by atoms with Crippen molar-refractivity contribution in [2.75, 3.05) is 11.8 Å². The molecule has 0 heterocycles. The molecular weight excluding hydrogens is 274 g/mol. The lowest BCUT2D eigenvalue weighted by atomic mass is 10.2. The third-order valence-corrected chi connectivity index (χ3v) is 4.27. The molecule has 1 N–H and O–H groups in total. The molecule has 20 heavy (non-hydrogen) atoms. The number of benzene rings is 2. The molecule has 2 aromatic rings. The maximum Gasteiger partial charge on any atom is 0.261 e. The van der Waals surface area contributed by atoms with E-state index < -0.39 is 10.0 Å². The molecule has 0 radical (unpaired) electrons. The van der Waals surface area contributed by atoms with E-state index in [0.717, 1.165) is 11.1 Å². The van der Waals surface area contributed by atoms with E-state index in [9.17, 15) is 8.42 Å². The van der Waals surface area contributed by atoms with Crippen molar-refractivity contribution in [3.8, 4) is 0 Å². The van der Waals surface area contributed by atoms with Gasteiger partial charge in [-0.1, -0.05) is 35.9 Å². The first kappa shape index (κ1) is 14.6. The Kier molecular flexibility index (Phi) is 4.42. The lowest BCUT2D eigenvalue weighted by Gasteiger charge is -2.12. The molecule has 0 aromatic heterocycles. The van der Waals surface area contributed by atoms with Gasteiger partial charge in [0.15, 0.2) is 0 Å². The van der Waals surface area contributed by atoms with Gasteiger partial charge in [-0.3, -0.25) is 4.72 Å². The highest BCUT2D eigenvalue weighted by molar-refractivity contribution is 7.92. The van der Waals surface area contributed by atoms with Crippen molar-refractivity contribution in [2.45, 2.75) is 18.4 Å². The number of methoxy groups -OCH3 is 1. The summed E-state index contributed by atoms with van der Waals surface area (Å²) < 4.78 is 32.3. The number of sulfonamides is 1. The zero-order valence-electron chi connectivity index (χ0n) is 11.5. The van der Waals surface area contributed by atoms with Gasteiger partial charge in [0.25, 0.3) is 10.0 Å². The lowest BCUT2D eigenvalue weighted by Crippen LogP contribution is -2.14. The van der Waals surface area contributed by atoms with Gasteiger partial charge >= 0.3 is 0 Å². The second-order valence-electron chi connectivity index (χ2n) is 4.51. The third kappa shape index (κ3) is 3.37.